The Kier molecular flexibility index (Phi) is 6.56. The van der Waals surface area contributed by atoms with Gasteiger partial charge in [-0.1, -0.05) is 30.3 Å². The molecule has 0 aliphatic carbocycles. The van der Waals surface area contributed by atoms with Gasteiger partial charge in [0.2, 0.25) is 0 Å². The van der Waals surface area contributed by atoms with Crippen molar-refractivity contribution in [3.8, 4) is 0 Å². The first-order valence-electron chi connectivity index (χ1n) is 10.0. The Morgan fingerprint density at radius 1 is 0.625 bits per heavy atom. The smallest absolute Gasteiger partial charge is 0.396 e. The van der Waals surface area contributed by atoms with Gasteiger partial charge in [0.25, 0.3) is 0 Å². The van der Waals surface area contributed by atoms with Crippen molar-refractivity contribution in [2.45, 2.75) is 0 Å². The maximum atomic E-state index is 4.94. The molecule has 0 atom stereocenters. The van der Waals surface area contributed by atoms with Crippen LogP contribution in [0.3, 0.4) is 0 Å². The number of pyridine rings is 2. The summed E-state index contributed by atoms with van der Waals surface area (Å²) in [5, 5.41) is 0. The summed E-state index contributed by atoms with van der Waals surface area (Å²) in [6, 6.07) is 22.2. The second kappa shape index (κ2) is 9.53. The number of hydrogen-bond donors (Lipinski definition) is 0. The zero-order valence-corrected chi connectivity index (χ0v) is 20.0. The van der Waals surface area contributed by atoms with E-state index in [1.165, 1.54) is 0 Å². The number of rotatable bonds is 5. The van der Waals surface area contributed by atoms with Gasteiger partial charge in [0.05, 0.1) is 0 Å². The van der Waals surface area contributed by atoms with Crippen LogP contribution in [0.25, 0.3) is 0 Å². The van der Waals surface area contributed by atoms with Gasteiger partial charge in [-0.25, -0.2) is 9.97 Å². The van der Waals surface area contributed by atoms with Crippen molar-refractivity contribution in [2.24, 2.45) is 0 Å². The van der Waals surface area contributed by atoms with E-state index in [0.29, 0.717) is 0 Å². The van der Waals surface area contributed by atoms with E-state index in [1.807, 2.05) is 128 Å². The molecule has 0 fully saturated rings. The standard InChI is InChI=1S/C22H21B2N7.Pt/c1-27-14-16-29(23-27)19-10-6-12-21(25-19)31(18-8-4-3-5-9-18)22-13-7-11-20(26-22)30-17-15-28(2)24-30;/h3-17H,1-2H3;. The van der Waals surface area contributed by atoms with Gasteiger partial charge in [0.1, 0.15) is 23.3 Å². The Labute approximate surface area is 204 Å². The van der Waals surface area contributed by atoms with Crippen molar-refractivity contribution in [2.75, 3.05) is 28.6 Å². The van der Waals surface area contributed by atoms with Crippen LogP contribution >= 0.6 is 0 Å². The number of para-hydroxylation sites is 1. The average molecular weight is 600 g/mol. The van der Waals surface area contributed by atoms with Crippen LogP contribution in [0, 0.1) is 0 Å². The van der Waals surface area contributed by atoms with Crippen LogP contribution in [-0.4, -0.2) is 48.8 Å². The zero-order valence-electron chi connectivity index (χ0n) is 17.8. The van der Waals surface area contributed by atoms with Crippen LogP contribution < -0.4 is 14.5 Å². The predicted molar refractivity (Wildman–Crippen MR) is 127 cm³/mol. The van der Waals surface area contributed by atoms with Crippen LogP contribution in [0.4, 0.5) is 29.0 Å². The maximum absolute atomic E-state index is 4.94. The summed E-state index contributed by atoms with van der Waals surface area (Å²) in [6.07, 6.45) is 7.96. The molecule has 3 aromatic rings. The number of nitrogens with zero attached hydrogens (tertiary/aromatic N) is 7. The van der Waals surface area contributed by atoms with E-state index < -0.39 is 0 Å². The minimum absolute atomic E-state index is 0. The number of anilines is 5. The van der Waals surface area contributed by atoms with Gasteiger partial charge in [-0.3, -0.25) is 4.90 Å². The summed E-state index contributed by atoms with van der Waals surface area (Å²) in [5.74, 6) is 3.27. The summed E-state index contributed by atoms with van der Waals surface area (Å²) in [7, 11) is 7.97. The van der Waals surface area contributed by atoms with Gasteiger partial charge in [0.15, 0.2) is 0 Å². The second-order valence-electron chi connectivity index (χ2n) is 7.35. The first kappa shape index (κ1) is 22.0. The fourth-order valence-corrected chi connectivity index (χ4v) is 3.49. The van der Waals surface area contributed by atoms with Crippen molar-refractivity contribution < 1.29 is 21.1 Å². The Morgan fingerprint density at radius 2 is 1.12 bits per heavy atom. The Balaban J connectivity index is 0.00000245. The van der Waals surface area contributed by atoms with E-state index in [4.69, 9.17) is 9.97 Å². The second-order valence-corrected chi connectivity index (χ2v) is 7.35. The minimum Gasteiger partial charge on any atom is -0.406 e. The number of aromatic nitrogens is 2. The molecule has 4 heterocycles. The third-order valence-corrected chi connectivity index (χ3v) is 4.98. The van der Waals surface area contributed by atoms with Crippen molar-refractivity contribution in [1.29, 1.82) is 0 Å². The summed E-state index contributed by atoms with van der Waals surface area (Å²) < 4.78 is 0. The van der Waals surface area contributed by atoms with E-state index in [-0.39, 0.29) is 21.1 Å². The third-order valence-electron chi connectivity index (χ3n) is 4.98. The molecule has 7 nitrogen and oxygen atoms in total. The van der Waals surface area contributed by atoms with Crippen LogP contribution in [0.2, 0.25) is 0 Å². The molecule has 2 radical (unpaired) electrons. The normalized spacial score (nSPS) is 14.3. The van der Waals surface area contributed by atoms with Crippen LogP contribution in [0.5, 0.6) is 0 Å². The van der Waals surface area contributed by atoms with E-state index in [9.17, 15) is 0 Å². The van der Waals surface area contributed by atoms with Crippen molar-refractivity contribution >= 4 is 44.1 Å². The van der Waals surface area contributed by atoms with E-state index in [1.54, 1.807) is 0 Å². The molecule has 160 valence electrons. The van der Waals surface area contributed by atoms with Crippen LogP contribution in [-0.2, 0) is 21.1 Å². The summed E-state index contributed by atoms with van der Waals surface area (Å²) in [5.41, 5.74) is 0.993. The molecule has 0 saturated carbocycles. The fourth-order valence-electron chi connectivity index (χ4n) is 3.49. The minimum atomic E-state index is 0. The van der Waals surface area contributed by atoms with Crippen molar-refractivity contribution in [1.82, 2.24) is 19.6 Å². The molecule has 10 heteroatoms. The van der Waals surface area contributed by atoms with E-state index in [0.717, 1.165) is 29.0 Å². The quantitative estimate of drug-likeness (QED) is 0.416. The van der Waals surface area contributed by atoms with E-state index in [2.05, 4.69) is 17.0 Å². The monoisotopic (exact) mass is 600 g/mol. The molecule has 1 aromatic carbocycles. The molecular weight excluding hydrogens is 579 g/mol. The Bertz CT molecular complexity index is 1060. The third kappa shape index (κ3) is 4.53. The van der Waals surface area contributed by atoms with Gasteiger partial charge in [0, 0.05) is 51.6 Å². The summed E-state index contributed by atoms with van der Waals surface area (Å²) in [6.45, 7) is 0. The molecule has 0 amide bonds. The van der Waals surface area contributed by atoms with Crippen molar-refractivity contribution in [3.63, 3.8) is 0 Å². The number of benzene rings is 1. The predicted octanol–water partition coefficient (Wildman–Crippen LogP) is 3.46. The molecule has 0 saturated heterocycles. The van der Waals surface area contributed by atoms with Crippen LogP contribution in [0.15, 0.2) is 91.5 Å². The molecule has 2 aliphatic rings. The molecule has 0 N–H and O–H groups in total. The molecule has 5 rings (SSSR count). The largest absolute Gasteiger partial charge is 0.406 e. The first-order chi connectivity index (χ1) is 15.2. The first-order valence-corrected chi connectivity index (χ1v) is 10.0. The molecule has 32 heavy (non-hydrogen) atoms. The van der Waals surface area contributed by atoms with Crippen molar-refractivity contribution in [3.05, 3.63) is 91.5 Å². The molecular formula is C22H21B2N7Pt. The van der Waals surface area contributed by atoms with Gasteiger partial charge in [-0.15, -0.1) is 0 Å². The van der Waals surface area contributed by atoms with Crippen LogP contribution in [0.1, 0.15) is 0 Å². The molecule has 0 unspecified atom stereocenters. The van der Waals surface area contributed by atoms with Gasteiger partial charge in [-0.05, 0) is 50.5 Å². The molecule has 2 aromatic heterocycles. The molecule has 0 spiro atoms. The average Bonchev–Trinajstić information content (AvgIpc) is 3.44. The zero-order chi connectivity index (χ0) is 21.2. The topological polar surface area (TPSA) is 42.0 Å². The summed E-state index contributed by atoms with van der Waals surface area (Å²) in [4.78, 5) is 19.9. The Hall–Kier alpha value is -3.18. The number of hydrogen-bond acceptors (Lipinski definition) is 7. The van der Waals surface area contributed by atoms with Gasteiger partial charge in [-0.2, -0.15) is 0 Å². The fraction of sp³-hybridized carbons (Fsp3) is 0.0909. The SMILES string of the molecule is CN1[B]N(c2cccc(N(c3ccccc3)c3cccc(N4[B]N(C)C=C4)n3)n2)C=C1.[Pt]. The summed E-state index contributed by atoms with van der Waals surface area (Å²) >= 11 is 0. The molecule has 2 aliphatic heterocycles. The maximum Gasteiger partial charge on any atom is 0.396 e. The molecule has 0 bridgehead atoms. The Morgan fingerprint density at radius 3 is 1.56 bits per heavy atom. The van der Waals surface area contributed by atoms with E-state index >= 15 is 0 Å². The van der Waals surface area contributed by atoms with Gasteiger partial charge < -0.3 is 19.2 Å². The van der Waals surface area contributed by atoms with Gasteiger partial charge >= 0.3 is 15.1 Å².